The molecule has 0 aliphatic heterocycles. The molecule has 532 valence electrons. The van der Waals surface area contributed by atoms with Gasteiger partial charge in [0.1, 0.15) is 76.8 Å². The van der Waals surface area contributed by atoms with Crippen LogP contribution in [0.5, 0.6) is 23.0 Å². The first-order valence-electron chi connectivity index (χ1n) is 27.9. The zero-order valence-electron chi connectivity index (χ0n) is 51.2. The van der Waals surface area contributed by atoms with Crippen molar-refractivity contribution in [3.63, 3.8) is 0 Å². The summed E-state index contributed by atoms with van der Waals surface area (Å²) in [6.45, 7) is 0. The lowest BCUT2D eigenvalue weighted by atomic mass is 10.2. The van der Waals surface area contributed by atoms with Crippen LogP contribution in [0.1, 0.15) is 5.56 Å². The van der Waals surface area contributed by atoms with Gasteiger partial charge in [-0.15, -0.1) is 11.8 Å². The first-order chi connectivity index (χ1) is 48.4. The Morgan fingerprint density at radius 1 is 0.510 bits per heavy atom. The Labute approximate surface area is 599 Å². The summed E-state index contributed by atoms with van der Waals surface area (Å²) in [5.41, 5.74) is -0.620. The van der Waals surface area contributed by atoms with E-state index in [1.807, 2.05) is 30.3 Å². The van der Waals surface area contributed by atoms with Gasteiger partial charge >= 0.3 is 10.1 Å². The van der Waals surface area contributed by atoms with E-state index in [0.29, 0.717) is 39.4 Å². The number of halogens is 15. The predicted molar refractivity (Wildman–Crippen MR) is 368 cm³/mol. The van der Waals surface area contributed by atoms with Crippen molar-refractivity contribution in [3.05, 3.63) is 266 Å². The minimum atomic E-state index is -5.53. The number of benzene rings is 8. The van der Waals surface area contributed by atoms with E-state index in [0.717, 1.165) is 63.4 Å². The van der Waals surface area contributed by atoms with Crippen LogP contribution in [-0.2, 0) is 25.9 Å². The zero-order chi connectivity index (χ0) is 74.4. The molecule has 0 saturated carbocycles. The monoisotopic (exact) mass is 1710 g/mol. The van der Waals surface area contributed by atoms with Crippen LogP contribution in [0.3, 0.4) is 0 Å². The number of fused-ring (bicyclic) bond motifs is 3. The minimum absolute atomic E-state index is 0.0189. The van der Waals surface area contributed by atoms with Gasteiger partial charge in [0.2, 0.25) is 34.8 Å². The van der Waals surface area contributed by atoms with E-state index >= 15 is 4.39 Å². The number of ether oxygens (including phenoxy) is 3. The number of hydrogen-bond donors (Lipinski definition) is 2. The summed E-state index contributed by atoms with van der Waals surface area (Å²) < 4.78 is 246. The molecule has 12 rings (SSSR count). The van der Waals surface area contributed by atoms with Crippen LogP contribution in [0, 0.1) is 64.0 Å². The number of anilines is 1. The molecule has 2 atom stereocenters. The second-order valence-corrected chi connectivity index (χ2v) is 28.7. The molecule has 4 aromatic heterocycles. The lowest BCUT2D eigenvalue weighted by Crippen LogP contribution is -2.20. The van der Waals surface area contributed by atoms with Gasteiger partial charge < -0.3 is 27.8 Å². The number of nitrogens with zero attached hydrogens (tertiary/aromatic N) is 4. The van der Waals surface area contributed by atoms with Gasteiger partial charge in [0.05, 0.1) is 76.9 Å². The molecule has 0 aliphatic rings. The summed E-state index contributed by atoms with van der Waals surface area (Å²) in [6, 6.07) is 31.7. The smallest absolute Gasteiger partial charge is 0.342 e. The predicted octanol–water partition coefficient (Wildman–Crippen LogP) is 16.7. The van der Waals surface area contributed by atoms with Crippen LogP contribution in [-0.4, -0.2) is 61.9 Å². The van der Waals surface area contributed by atoms with Crippen molar-refractivity contribution in [3.8, 4) is 40.1 Å². The average molecular weight is 1710 g/mol. The quantitative estimate of drug-likeness (QED) is 0.0229. The van der Waals surface area contributed by atoms with Crippen LogP contribution in [0.4, 0.5) is 58.3 Å². The summed E-state index contributed by atoms with van der Waals surface area (Å²) in [6.07, 6.45) is 1.15. The van der Waals surface area contributed by atoms with Gasteiger partial charge in [0.25, 0.3) is 26.7 Å². The Morgan fingerprint density at radius 3 is 1.30 bits per heavy atom. The lowest BCUT2D eigenvalue weighted by Gasteiger charge is -2.16. The third-order valence-electron chi connectivity index (χ3n) is 14.1. The van der Waals surface area contributed by atoms with Crippen LogP contribution in [0.2, 0.25) is 0 Å². The highest BCUT2D eigenvalue weighted by Gasteiger charge is 2.33. The fourth-order valence-electron chi connectivity index (χ4n) is 9.55. The summed E-state index contributed by atoms with van der Waals surface area (Å²) in [7, 11) is -7.18. The molecule has 102 heavy (non-hydrogen) atoms. The molecule has 0 aliphatic carbocycles. The van der Waals surface area contributed by atoms with E-state index in [9.17, 15) is 79.3 Å². The molecule has 18 nitrogen and oxygen atoms in total. The number of thioether (sulfide) groups is 1. The van der Waals surface area contributed by atoms with Gasteiger partial charge in [-0.1, -0.05) is 35.5 Å². The van der Waals surface area contributed by atoms with E-state index in [-0.39, 0.29) is 69.6 Å². The number of hydrogen-bond acceptors (Lipinski definition) is 15. The Balaban J connectivity index is 0.000000174. The number of methoxy groups -OCH3 is 3. The number of pyridine rings is 3. The standard InChI is InChI=1S/C23H16BrF2NO2S.C22H9BrF7NO5S.C19H12BrF2N3O5S.FH3OP2/c1-29-21-10-16(24)17(25)11-20(21)27-19-12-18(26)22(9-15(19)7-8-23(27)28)30-13-14-5-3-2-4-6-14;1-35-14-5-9(23)10(24)6-13(14)31-12-7-11(25)15(4-8(12)2-3-16(31)32)37(33,34)36-22-20(29)18(27)17(26)19(28)21(22)30;1-29-16-7-11(20)12(21)8-15(16)25-14-9-13(22)17(6-10(14)2-3-19(25)26)31(27,28)24-18-4-5-30-23-18;1-3-4-2/h2-12H,13H2,1H3;2-7H,1H3;2-9H,1H3,(H,23,24);2-4H. The summed E-state index contributed by atoms with van der Waals surface area (Å²) in [4.78, 5) is 43.9. The highest BCUT2D eigenvalue weighted by Crippen LogP contribution is 2.39. The number of aromatic nitrogens is 4. The molecule has 38 heteroatoms. The van der Waals surface area contributed by atoms with Crippen molar-refractivity contribution in [2.24, 2.45) is 0 Å². The molecule has 0 bridgehead atoms. The Kier molecular flexibility index (Phi) is 24.8. The van der Waals surface area contributed by atoms with Gasteiger partial charge in [-0.3, -0.25) is 32.8 Å². The van der Waals surface area contributed by atoms with E-state index in [1.165, 1.54) is 86.2 Å². The van der Waals surface area contributed by atoms with Crippen molar-refractivity contribution in [2.75, 3.05) is 26.1 Å². The Morgan fingerprint density at radius 2 is 0.902 bits per heavy atom. The molecule has 2 N–H and O–H groups in total. The van der Waals surface area contributed by atoms with Crippen molar-refractivity contribution < 1.29 is 97.1 Å². The highest BCUT2D eigenvalue weighted by molar-refractivity contribution is 9.11. The van der Waals surface area contributed by atoms with E-state index in [2.05, 4.69) is 66.4 Å². The summed E-state index contributed by atoms with van der Waals surface area (Å²) >= 11 is 10.5. The van der Waals surface area contributed by atoms with Crippen molar-refractivity contribution in [1.29, 1.82) is 0 Å². The molecule has 0 spiro atoms. The normalized spacial score (nSPS) is 11.6. The number of rotatable bonds is 16. The van der Waals surface area contributed by atoms with Gasteiger partial charge in [-0.2, -0.15) is 17.2 Å². The molecule has 0 saturated heterocycles. The van der Waals surface area contributed by atoms with Gasteiger partial charge in [-0.05, 0) is 114 Å². The van der Waals surface area contributed by atoms with Gasteiger partial charge in [0.15, 0.2) is 5.82 Å². The summed E-state index contributed by atoms with van der Waals surface area (Å²) in [5, 5.41) is 4.14. The van der Waals surface area contributed by atoms with Crippen LogP contribution >= 0.6 is 76.6 Å². The number of sulfonamides is 1. The van der Waals surface area contributed by atoms with Crippen LogP contribution in [0.15, 0.2) is 199 Å². The highest BCUT2D eigenvalue weighted by atomic mass is 79.9. The molecule has 2 unspecified atom stereocenters. The largest absolute Gasteiger partial charge is 0.495 e. The summed E-state index contributed by atoms with van der Waals surface area (Å²) in [5.74, 6) is -19.2. The second-order valence-electron chi connectivity index (χ2n) is 20.3. The molecule has 12 aromatic rings. The van der Waals surface area contributed by atoms with Gasteiger partial charge in [0, 0.05) is 81.4 Å². The first-order valence-corrected chi connectivity index (χ1v) is 36.9. The zero-order valence-corrected chi connectivity index (χ0v) is 60.4. The third kappa shape index (κ3) is 16.7. The SMILES string of the molecule is COc1cc(Br)c(F)cc1-n1c(=O)ccc2cc(S(=O)(=O)Nc3ccon3)c(F)cc21.COc1cc(Br)c(F)cc1-n1c(=O)ccc2cc(S(=O)(=O)Oc3c(F)c(F)c(F)c(F)c3F)c(F)cc21.COc1cc(Br)c(F)cc1-n1c(=O)ccc2cc(SCc3ccccc3)c(F)cc21.OPPF. The molecular weight excluding hydrogens is 1670 g/mol. The maximum Gasteiger partial charge on any atom is 0.342 e. The maximum absolute atomic E-state index is 15.0. The van der Waals surface area contributed by atoms with Crippen LogP contribution < -0.4 is 39.8 Å². The van der Waals surface area contributed by atoms with Crippen molar-refractivity contribution >= 4 is 135 Å². The van der Waals surface area contributed by atoms with Gasteiger partial charge in [-0.25, -0.2) is 52.1 Å². The van der Waals surface area contributed by atoms with E-state index in [1.54, 1.807) is 12.1 Å². The first kappa shape index (κ1) is 77.4. The topological polar surface area (TPSA) is 229 Å². The number of nitrogens with one attached hydrogen (secondary N) is 1. The average Bonchev–Trinajstić information content (AvgIpc) is 0.782. The van der Waals surface area contributed by atoms with Crippen molar-refractivity contribution in [2.45, 2.75) is 20.4 Å². The van der Waals surface area contributed by atoms with Crippen molar-refractivity contribution in [1.82, 2.24) is 18.9 Å². The lowest BCUT2D eigenvalue weighted by molar-refractivity contribution is 0.346. The molecule has 0 fully saturated rings. The van der Waals surface area contributed by atoms with E-state index < -0.39 is 133 Å². The fraction of sp³-hybridized carbons (Fsp3) is 0.0625. The minimum Gasteiger partial charge on any atom is -0.495 e. The second kappa shape index (κ2) is 32.7. The Bertz CT molecular complexity index is 5660. The fourth-order valence-corrected chi connectivity index (χ4v) is 13.6. The molecular formula is C64H40Br3F12N5O13P2S3. The Hall–Kier alpha value is -8.73. The molecule has 8 aromatic carbocycles. The van der Waals surface area contributed by atoms with E-state index in [4.69, 9.17) is 19.1 Å². The molecule has 0 radical (unpaired) electrons. The maximum atomic E-state index is 15.0. The molecule has 4 heterocycles. The third-order valence-corrected chi connectivity index (χ3v) is 20.0. The molecule has 0 amide bonds. The van der Waals surface area contributed by atoms with Crippen LogP contribution in [0.25, 0.3) is 49.8 Å².